The van der Waals surface area contributed by atoms with Crippen LogP contribution in [-0.4, -0.2) is 38.8 Å². The Labute approximate surface area is 122 Å². The maximum absolute atomic E-state index is 11.4. The highest BCUT2D eigenvalue weighted by Crippen LogP contribution is 2.32. The summed E-state index contributed by atoms with van der Waals surface area (Å²) in [6.07, 6.45) is 2.20. The van der Waals surface area contributed by atoms with E-state index >= 15 is 0 Å². The van der Waals surface area contributed by atoms with Gasteiger partial charge < -0.3 is 15.0 Å². The van der Waals surface area contributed by atoms with Crippen molar-refractivity contribution in [1.29, 1.82) is 0 Å². The Morgan fingerprint density at radius 1 is 1.60 bits per heavy atom. The first-order chi connectivity index (χ1) is 9.29. The number of carboxylic acids is 1. The van der Waals surface area contributed by atoms with Crippen molar-refractivity contribution in [2.75, 3.05) is 12.3 Å². The van der Waals surface area contributed by atoms with E-state index in [2.05, 4.69) is 31.1 Å². The van der Waals surface area contributed by atoms with Crippen LogP contribution in [0.3, 0.4) is 0 Å². The maximum Gasteiger partial charge on any atom is 0.313 e. The highest BCUT2D eigenvalue weighted by molar-refractivity contribution is 7.99. The largest absolute Gasteiger partial charge is 0.481 e. The van der Waals surface area contributed by atoms with E-state index in [4.69, 9.17) is 5.11 Å². The predicted molar refractivity (Wildman–Crippen MR) is 76.0 cm³/mol. The summed E-state index contributed by atoms with van der Waals surface area (Å²) in [6, 6.07) is 0.00974. The summed E-state index contributed by atoms with van der Waals surface area (Å²) < 4.78 is 2.02. The minimum absolute atomic E-state index is 0.00974. The average Bonchev–Trinajstić information content (AvgIpc) is 2.90. The van der Waals surface area contributed by atoms with Gasteiger partial charge in [0.25, 0.3) is 0 Å². The first kappa shape index (κ1) is 14.9. The van der Waals surface area contributed by atoms with E-state index in [1.807, 2.05) is 4.57 Å². The molecule has 1 atom stereocenters. The van der Waals surface area contributed by atoms with Crippen LogP contribution >= 0.6 is 11.8 Å². The van der Waals surface area contributed by atoms with Crippen LogP contribution in [0.2, 0.25) is 0 Å². The van der Waals surface area contributed by atoms with Crippen LogP contribution in [0.5, 0.6) is 0 Å². The van der Waals surface area contributed by atoms with Crippen molar-refractivity contribution >= 4 is 23.6 Å². The van der Waals surface area contributed by atoms with Gasteiger partial charge in [-0.15, -0.1) is 0 Å². The van der Waals surface area contributed by atoms with Gasteiger partial charge >= 0.3 is 5.97 Å². The molecular formula is C13H19N3O3S. The third-order valence-electron chi connectivity index (χ3n) is 3.18. The summed E-state index contributed by atoms with van der Waals surface area (Å²) in [5.41, 5.74) is 0.910. The van der Waals surface area contributed by atoms with E-state index in [9.17, 15) is 9.59 Å². The van der Waals surface area contributed by atoms with Crippen molar-refractivity contribution in [3.8, 4) is 0 Å². The first-order valence-corrected chi connectivity index (χ1v) is 7.46. The molecule has 110 valence electrons. The molecule has 0 aliphatic carbocycles. The Morgan fingerprint density at radius 2 is 2.30 bits per heavy atom. The van der Waals surface area contributed by atoms with E-state index < -0.39 is 5.97 Å². The summed E-state index contributed by atoms with van der Waals surface area (Å²) in [7, 11) is 0. The molecule has 1 amide bonds. The van der Waals surface area contributed by atoms with Gasteiger partial charge in [-0.3, -0.25) is 9.59 Å². The summed E-state index contributed by atoms with van der Waals surface area (Å²) in [4.78, 5) is 26.5. The SMILES string of the molecule is CC(C)(C)c1cnc(SCC(=O)O)n1C1CNC(=O)C1. The van der Waals surface area contributed by atoms with E-state index in [1.54, 1.807) is 6.20 Å². The molecule has 20 heavy (non-hydrogen) atoms. The van der Waals surface area contributed by atoms with Gasteiger partial charge in [0, 0.05) is 30.3 Å². The first-order valence-electron chi connectivity index (χ1n) is 6.48. The monoisotopic (exact) mass is 297 g/mol. The van der Waals surface area contributed by atoms with Gasteiger partial charge in [0.2, 0.25) is 5.91 Å². The van der Waals surface area contributed by atoms with Gasteiger partial charge in [0.15, 0.2) is 5.16 Å². The number of amides is 1. The van der Waals surface area contributed by atoms with Crippen LogP contribution in [-0.2, 0) is 15.0 Å². The Morgan fingerprint density at radius 3 is 2.80 bits per heavy atom. The fourth-order valence-corrected chi connectivity index (χ4v) is 3.02. The third kappa shape index (κ3) is 3.15. The molecule has 6 nitrogen and oxygen atoms in total. The molecule has 1 saturated heterocycles. The van der Waals surface area contributed by atoms with Crippen molar-refractivity contribution in [3.05, 3.63) is 11.9 Å². The molecular weight excluding hydrogens is 278 g/mol. The molecule has 2 rings (SSSR count). The van der Waals surface area contributed by atoms with Gasteiger partial charge in [-0.1, -0.05) is 32.5 Å². The number of carbonyl (C=O) groups excluding carboxylic acids is 1. The Balaban J connectivity index is 2.35. The van der Waals surface area contributed by atoms with Crippen LogP contribution in [0.15, 0.2) is 11.4 Å². The molecule has 1 aliphatic heterocycles. The second-order valence-electron chi connectivity index (χ2n) is 5.89. The normalized spacial score (nSPS) is 19.1. The number of imidazole rings is 1. The zero-order valence-corrected chi connectivity index (χ0v) is 12.7. The summed E-state index contributed by atoms with van der Waals surface area (Å²) in [5, 5.41) is 12.3. The topological polar surface area (TPSA) is 84.2 Å². The molecule has 0 bridgehead atoms. The summed E-state index contributed by atoms with van der Waals surface area (Å²) in [5.74, 6) is -0.880. The minimum Gasteiger partial charge on any atom is -0.481 e. The van der Waals surface area contributed by atoms with E-state index in [0.29, 0.717) is 18.1 Å². The highest BCUT2D eigenvalue weighted by Gasteiger charge is 2.31. The molecule has 7 heteroatoms. The van der Waals surface area contributed by atoms with Gasteiger partial charge in [-0.25, -0.2) is 4.98 Å². The maximum atomic E-state index is 11.4. The predicted octanol–water partition coefficient (Wildman–Crippen LogP) is 1.42. The average molecular weight is 297 g/mol. The van der Waals surface area contributed by atoms with Crippen LogP contribution in [0, 0.1) is 0 Å². The number of aromatic nitrogens is 2. The van der Waals surface area contributed by atoms with E-state index in [-0.39, 0.29) is 23.1 Å². The van der Waals surface area contributed by atoms with E-state index in [0.717, 1.165) is 5.69 Å². The number of hydrogen-bond acceptors (Lipinski definition) is 4. The fraction of sp³-hybridized carbons (Fsp3) is 0.615. The number of thioether (sulfide) groups is 1. The second kappa shape index (κ2) is 5.47. The number of aliphatic carboxylic acids is 1. The smallest absolute Gasteiger partial charge is 0.313 e. The number of carboxylic acid groups (broad SMARTS) is 1. The summed E-state index contributed by atoms with van der Waals surface area (Å²) >= 11 is 1.19. The van der Waals surface area contributed by atoms with Crippen molar-refractivity contribution in [1.82, 2.24) is 14.9 Å². The third-order valence-corrected chi connectivity index (χ3v) is 4.13. The van der Waals surface area contributed by atoms with Gasteiger partial charge in [0.05, 0.1) is 11.8 Å². The van der Waals surface area contributed by atoms with Gasteiger partial charge in [-0.05, 0) is 0 Å². The number of carbonyl (C=O) groups is 2. The van der Waals surface area contributed by atoms with Crippen molar-refractivity contribution < 1.29 is 14.7 Å². The molecule has 2 N–H and O–H groups in total. The second-order valence-corrected chi connectivity index (χ2v) is 6.83. The number of nitrogens with zero attached hydrogens (tertiary/aromatic N) is 2. The lowest BCUT2D eigenvalue weighted by atomic mass is 9.92. The number of hydrogen-bond donors (Lipinski definition) is 2. The summed E-state index contributed by atoms with van der Waals surface area (Å²) in [6.45, 7) is 6.81. The number of rotatable bonds is 4. The van der Waals surface area contributed by atoms with Gasteiger partial charge in [-0.2, -0.15) is 0 Å². The lowest BCUT2D eigenvalue weighted by molar-refractivity contribution is -0.134. The van der Waals surface area contributed by atoms with Crippen LogP contribution in [0.25, 0.3) is 0 Å². The molecule has 2 heterocycles. The van der Waals surface area contributed by atoms with Crippen molar-refractivity contribution in [3.63, 3.8) is 0 Å². The quantitative estimate of drug-likeness (QED) is 0.821. The van der Waals surface area contributed by atoms with Crippen molar-refractivity contribution in [2.45, 2.75) is 43.8 Å². The molecule has 1 unspecified atom stereocenters. The van der Waals surface area contributed by atoms with Gasteiger partial charge in [0.1, 0.15) is 0 Å². The lowest BCUT2D eigenvalue weighted by Gasteiger charge is -2.24. The minimum atomic E-state index is -0.873. The fourth-order valence-electron chi connectivity index (χ4n) is 2.26. The van der Waals surface area contributed by atoms with Crippen molar-refractivity contribution in [2.24, 2.45) is 0 Å². The zero-order valence-electron chi connectivity index (χ0n) is 11.8. The Kier molecular flexibility index (Phi) is 4.08. The molecule has 1 aromatic rings. The van der Waals surface area contributed by atoms with Crippen LogP contribution < -0.4 is 5.32 Å². The standard InChI is InChI=1S/C13H19N3O3S/c1-13(2,3)9-6-15-12(20-7-11(18)19)16(9)8-4-10(17)14-5-8/h6,8H,4-5,7H2,1-3H3,(H,14,17)(H,18,19). The molecule has 1 aromatic heterocycles. The zero-order chi connectivity index (χ0) is 14.9. The Bertz CT molecular complexity index is 533. The van der Waals surface area contributed by atoms with Crippen LogP contribution in [0.4, 0.5) is 0 Å². The Hall–Kier alpha value is -1.50. The molecule has 0 radical (unpaired) electrons. The van der Waals surface area contributed by atoms with E-state index in [1.165, 1.54) is 11.8 Å². The molecule has 0 spiro atoms. The molecule has 1 aliphatic rings. The molecule has 0 aromatic carbocycles. The molecule has 1 fully saturated rings. The number of nitrogens with one attached hydrogen (secondary N) is 1. The molecule has 0 saturated carbocycles. The lowest BCUT2D eigenvalue weighted by Crippen LogP contribution is -2.23. The highest BCUT2D eigenvalue weighted by atomic mass is 32.2. The van der Waals surface area contributed by atoms with Crippen LogP contribution in [0.1, 0.15) is 38.9 Å².